The van der Waals surface area contributed by atoms with Crippen LogP contribution < -0.4 is 0 Å². The van der Waals surface area contributed by atoms with Crippen LogP contribution in [0.1, 0.15) is 58.3 Å². The molecule has 2 heterocycles. The lowest BCUT2D eigenvalue weighted by Crippen LogP contribution is -2.29. The Morgan fingerprint density at radius 3 is 2.61 bits per heavy atom. The van der Waals surface area contributed by atoms with E-state index in [-0.39, 0.29) is 29.9 Å². The van der Waals surface area contributed by atoms with Crippen LogP contribution in [0.5, 0.6) is 5.75 Å². The maximum Gasteiger partial charge on any atom is 0.276 e. The second kappa shape index (κ2) is 8.16. The first kappa shape index (κ1) is 19.8. The molecule has 1 aliphatic heterocycles. The molecule has 2 N–H and O–H groups in total. The quantitative estimate of drug-likeness (QED) is 0.647. The van der Waals surface area contributed by atoms with E-state index >= 15 is 0 Å². The van der Waals surface area contributed by atoms with Crippen LogP contribution >= 0.6 is 0 Å². The zero-order valence-electron chi connectivity index (χ0n) is 17.4. The molecular weight excluding hydrogens is 388 g/mol. The number of aromatic nitrogens is 1. The Balaban J connectivity index is 1.39. The molecule has 1 aromatic heterocycles. The molecular formula is C26H26N2O3. The third-order valence-electron chi connectivity index (χ3n) is 6.51. The fourth-order valence-electron chi connectivity index (χ4n) is 4.73. The number of aromatic hydroxyl groups is 1. The Kier molecular flexibility index (Phi) is 5.20. The molecule has 1 atom stereocenters. The summed E-state index contributed by atoms with van der Waals surface area (Å²) < 4.78 is 0. The van der Waals surface area contributed by atoms with Crippen LogP contribution in [-0.2, 0) is 6.61 Å². The number of hydrogen-bond donors (Lipinski definition) is 2. The Morgan fingerprint density at radius 2 is 1.84 bits per heavy atom. The van der Waals surface area contributed by atoms with Crippen molar-refractivity contribution in [1.29, 1.82) is 0 Å². The molecule has 1 saturated heterocycles. The SMILES string of the molecule is O=C(c1ncccc1O)N1CCC(c2ccc(-c3ccccc3C3CC3)cc2CO)C1. The highest BCUT2D eigenvalue weighted by Gasteiger charge is 2.31. The largest absolute Gasteiger partial charge is 0.505 e. The van der Waals surface area contributed by atoms with Crippen molar-refractivity contribution in [3.63, 3.8) is 0 Å². The van der Waals surface area contributed by atoms with E-state index in [1.807, 2.05) is 0 Å². The van der Waals surface area contributed by atoms with Gasteiger partial charge in [-0.05, 0) is 71.2 Å². The average molecular weight is 415 g/mol. The first-order valence-electron chi connectivity index (χ1n) is 10.9. The maximum atomic E-state index is 12.8. The normalized spacial score (nSPS) is 18.4. The third kappa shape index (κ3) is 3.81. The van der Waals surface area contributed by atoms with Gasteiger partial charge in [0, 0.05) is 25.2 Å². The highest BCUT2D eigenvalue weighted by atomic mass is 16.3. The number of carbonyl (C=O) groups excluding carboxylic acids is 1. The fraction of sp³-hybridized carbons (Fsp3) is 0.308. The number of carbonyl (C=O) groups is 1. The predicted octanol–water partition coefficient (Wildman–Crippen LogP) is 4.45. The van der Waals surface area contributed by atoms with E-state index in [4.69, 9.17) is 0 Å². The van der Waals surface area contributed by atoms with Gasteiger partial charge < -0.3 is 15.1 Å². The molecule has 2 fully saturated rings. The lowest BCUT2D eigenvalue weighted by atomic mass is 9.89. The van der Waals surface area contributed by atoms with Crippen LogP contribution in [0.4, 0.5) is 0 Å². The van der Waals surface area contributed by atoms with Gasteiger partial charge in [-0.2, -0.15) is 0 Å². The van der Waals surface area contributed by atoms with E-state index in [1.165, 1.54) is 36.2 Å². The van der Waals surface area contributed by atoms with Gasteiger partial charge in [0.15, 0.2) is 5.69 Å². The van der Waals surface area contributed by atoms with Crippen LogP contribution in [0, 0.1) is 0 Å². The number of benzene rings is 2. The van der Waals surface area contributed by atoms with Gasteiger partial charge in [0.05, 0.1) is 6.61 Å². The van der Waals surface area contributed by atoms with Gasteiger partial charge >= 0.3 is 0 Å². The number of hydrogen-bond acceptors (Lipinski definition) is 4. The van der Waals surface area contributed by atoms with Crippen LogP contribution in [0.25, 0.3) is 11.1 Å². The predicted molar refractivity (Wildman–Crippen MR) is 119 cm³/mol. The minimum Gasteiger partial charge on any atom is -0.505 e. The number of aliphatic hydroxyl groups excluding tert-OH is 1. The summed E-state index contributed by atoms with van der Waals surface area (Å²) in [7, 11) is 0. The molecule has 5 nitrogen and oxygen atoms in total. The van der Waals surface area contributed by atoms with E-state index in [1.54, 1.807) is 11.0 Å². The minimum absolute atomic E-state index is 0.0275. The minimum atomic E-state index is -0.249. The summed E-state index contributed by atoms with van der Waals surface area (Å²) in [5.41, 5.74) is 5.89. The lowest BCUT2D eigenvalue weighted by Gasteiger charge is -2.19. The number of amides is 1. The fourth-order valence-corrected chi connectivity index (χ4v) is 4.73. The smallest absolute Gasteiger partial charge is 0.276 e. The van der Waals surface area contributed by atoms with Crippen molar-refractivity contribution in [1.82, 2.24) is 9.88 Å². The molecule has 2 aliphatic rings. The molecule has 31 heavy (non-hydrogen) atoms. The average Bonchev–Trinajstić information content (AvgIpc) is 3.55. The van der Waals surface area contributed by atoms with Crippen LogP contribution in [0.3, 0.4) is 0 Å². The number of rotatable bonds is 5. The summed E-state index contributed by atoms with van der Waals surface area (Å²) in [4.78, 5) is 18.6. The van der Waals surface area contributed by atoms with Crippen molar-refractivity contribution in [3.8, 4) is 16.9 Å². The maximum absolute atomic E-state index is 12.8. The lowest BCUT2D eigenvalue weighted by molar-refractivity contribution is 0.0781. The van der Waals surface area contributed by atoms with Gasteiger partial charge in [0.2, 0.25) is 0 Å². The van der Waals surface area contributed by atoms with E-state index in [9.17, 15) is 15.0 Å². The molecule has 1 saturated carbocycles. The van der Waals surface area contributed by atoms with Crippen molar-refractivity contribution in [2.24, 2.45) is 0 Å². The summed E-state index contributed by atoms with van der Waals surface area (Å²) in [5, 5.41) is 20.1. The van der Waals surface area contributed by atoms with Crippen molar-refractivity contribution >= 4 is 5.91 Å². The standard InChI is InChI=1S/C26H26N2O3/c29-16-20-14-18(23-5-2-1-4-22(23)17-7-8-17)9-10-21(20)19-11-13-28(15-19)26(31)25-24(30)6-3-12-27-25/h1-6,9-10,12,14,17,19,29-30H,7-8,11,13,15-16H2. The summed E-state index contributed by atoms with van der Waals surface area (Å²) in [6.07, 6.45) is 4.84. The molecule has 158 valence electrons. The van der Waals surface area contributed by atoms with Gasteiger partial charge in [0.1, 0.15) is 5.75 Å². The van der Waals surface area contributed by atoms with Gasteiger partial charge in [0.25, 0.3) is 5.91 Å². The topological polar surface area (TPSA) is 73.7 Å². The van der Waals surface area contributed by atoms with Crippen LogP contribution in [0.2, 0.25) is 0 Å². The van der Waals surface area contributed by atoms with E-state index in [0.29, 0.717) is 19.0 Å². The third-order valence-corrected chi connectivity index (χ3v) is 6.51. The molecule has 1 amide bonds. The monoisotopic (exact) mass is 414 g/mol. The summed E-state index contributed by atoms with van der Waals surface area (Å²) in [6.45, 7) is 1.14. The second-order valence-corrected chi connectivity index (χ2v) is 8.54. The van der Waals surface area contributed by atoms with Gasteiger partial charge in [-0.1, -0.05) is 36.4 Å². The molecule has 3 aromatic rings. The second-order valence-electron chi connectivity index (χ2n) is 8.54. The molecule has 1 aliphatic carbocycles. The number of nitrogens with zero attached hydrogens (tertiary/aromatic N) is 2. The number of likely N-dealkylation sites (tertiary alicyclic amines) is 1. The highest BCUT2D eigenvalue weighted by Crippen LogP contribution is 2.44. The highest BCUT2D eigenvalue weighted by molar-refractivity contribution is 5.95. The van der Waals surface area contributed by atoms with E-state index in [2.05, 4.69) is 47.4 Å². The summed E-state index contributed by atoms with van der Waals surface area (Å²) >= 11 is 0. The number of aliphatic hydroxyl groups is 1. The zero-order valence-corrected chi connectivity index (χ0v) is 17.4. The summed E-state index contributed by atoms with van der Waals surface area (Å²) in [6, 6.07) is 18.0. The molecule has 5 rings (SSSR count). The van der Waals surface area contributed by atoms with Crippen LogP contribution in [0.15, 0.2) is 60.8 Å². The Hall–Kier alpha value is -3.18. The first-order chi connectivity index (χ1) is 15.2. The van der Waals surface area contributed by atoms with E-state index < -0.39 is 0 Å². The molecule has 2 aromatic carbocycles. The Bertz CT molecular complexity index is 1120. The zero-order chi connectivity index (χ0) is 21.4. The molecule has 0 bridgehead atoms. The molecule has 0 radical (unpaired) electrons. The van der Waals surface area contributed by atoms with Gasteiger partial charge in [-0.3, -0.25) is 4.79 Å². The molecule has 0 spiro atoms. The van der Waals surface area contributed by atoms with Gasteiger partial charge in [-0.15, -0.1) is 0 Å². The van der Waals surface area contributed by atoms with Crippen molar-refractivity contribution < 1.29 is 15.0 Å². The van der Waals surface area contributed by atoms with Gasteiger partial charge in [-0.25, -0.2) is 4.98 Å². The molecule has 5 heteroatoms. The van der Waals surface area contributed by atoms with Crippen LogP contribution in [-0.4, -0.2) is 39.1 Å². The van der Waals surface area contributed by atoms with E-state index in [0.717, 1.165) is 23.1 Å². The van der Waals surface area contributed by atoms with Crippen molar-refractivity contribution in [2.75, 3.05) is 13.1 Å². The summed E-state index contributed by atoms with van der Waals surface area (Å²) in [5.74, 6) is 0.474. The Labute approximate surface area is 182 Å². The van der Waals surface area contributed by atoms with Crippen molar-refractivity contribution in [2.45, 2.75) is 37.7 Å². The number of pyridine rings is 1. The first-order valence-corrected chi connectivity index (χ1v) is 10.9. The van der Waals surface area contributed by atoms with Crippen molar-refractivity contribution in [3.05, 3.63) is 83.2 Å². The molecule has 1 unspecified atom stereocenters. The Morgan fingerprint density at radius 1 is 1.00 bits per heavy atom.